The molecule has 128 valence electrons. The van der Waals surface area contributed by atoms with Gasteiger partial charge in [-0.2, -0.15) is 0 Å². The molecule has 1 saturated heterocycles. The van der Waals surface area contributed by atoms with Crippen LogP contribution in [0.2, 0.25) is 0 Å². The van der Waals surface area contributed by atoms with Crippen LogP contribution in [0.4, 0.5) is 0 Å². The molecule has 2 aliphatic rings. The molecule has 1 aromatic heterocycles. The SMILES string of the molecule is CCNC(=NCc1ccc(C)s1)NC1C2CCCOC2C1(C)C. The van der Waals surface area contributed by atoms with Crippen LogP contribution < -0.4 is 10.6 Å². The molecule has 0 spiro atoms. The van der Waals surface area contributed by atoms with E-state index in [-0.39, 0.29) is 5.41 Å². The highest BCUT2D eigenvalue weighted by Gasteiger charge is 2.58. The first kappa shape index (κ1) is 16.8. The molecular weight excluding hydrogens is 306 g/mol. The summed E-state index contributed by atoms with van der Waals surface area (Å²) in [5.74, 6) is 1.55. The van der Waals surface area contributed by atoms with Gasteiger partial charge in [0.25, 0.3) is 0 Å². The third kappa shape index (κ3) is 3.41. The molecule has 1 aromatic rings. The zero-order valence-corrected chi connectivity index (χ0v) is 15.5. The fourth-order valence-electron chi connectivity index (χ4n) is 4.01. The first-order chi connectivity index (χ1) is 11.0. The van der Waals surface area contributed by atoms with Crippen molar-refractivity contribution >= 4 is 17.3 Å². The van der Waals surface area contributed by atoms with Crippen molar-refractivity contribution in [2.75, 3.05) is 13.2 Å². The number of aliphatic imine (C=N–C) groups is 1. The lowest BCUT2D eigenvalue weighted by molar-refractivity contribution is -0.188. The van der Waals surface area contributed by atoms with Crippen molar-refractivity contribution < 1.29 is 4.74 Å². The molecule has 0 amide bonds. The topological polar surface area (TPSA) is 45.7 Å². The normalized spacial score (nSPS) is 29.6. The van der Waals surface area contributed by atoms with Gasteiger partial charge < -0.3 is 15.4 Å². The molecule has 2 N–H and O–H groups in total. The lowest BCUT2D eigenvalue weighted by atomic mass is 9.55. The number of ether oxygens (including phenoxy) is 1. The van der Waals surface area contributed by atoms with E-state index in [2.05, 4.69) is 50.5 Å². The number of nitrogens with one attached hydrogen (secondary N) is 2. The number of nitrogens with zero attached hydrogens (tertiary/aromatic N) is 1. The van der Waals surface area contributed by atoms with Gasteiger partial charge in [-0.15, -0.1) is 11.3 Å². The van der Waals surface area contributed by atoms with Crippen LogP contribution in [0.5, 0.6) is 0 Å². The van der Waals surface area contributed by atoms with E-state index in [4.69, 9.17) is 9.73 Å². The van der Waals surface area contributed by atoms with Crippen LogP contribution in [-0.4, -0.2) is 31.3 Å². The minimum absolute atomic E-state index is 0.167. The molecule has 0 aromatic carbocycles. The van der Waals surface area contributed by atoms with Crippen LogP contribution in [0, 0.1) is 18.3 Å². The van der Waals surface area contributed by atoms with E-state index in [1.807, 2.05) is 11.3 Å². The van der Waals surface area contributed by atoms with Crippen LogP contribution in [0.25, 0.3) is 0 Å². The van der Waals surface area contributed by atoms with Gasteiger partial charge in [0, 0.05) is 40.3 Å². The number of hydrogen-bond donors (Lipinski definition) is 2. The Hall–Kier alpha value is -1.07. The van der Waals surface area contributed by atoms with Gasteiger partial charge in [-0.25, -0.2) is 4.99 Å². The van der Waals surface area contributed by atoms with Crippen molar-refractivity contribution in [3.8, 4) is 0 Å². The zero-order valence-electron chi connectivity index (χ0n) is 14.7. The first-order valence-electron chi connectivity index (χ1n) is 8.74. The fraction of sp³-hybridized carbons (Fsp3) is 0.722. The van der Waals surface area contributed by atoms with Gasteiger partial charge in [-0.05, 0) is 38.8 Å². The fourth-order valence-corrected chi connectivity index (χ4v) is 4.82. The molecule has 0 radical (unpaired) electrons. The maximum absolute atomic E-state index is 6.00. The van der Waals surface area contributed by atoms with E-state index in [1.54, 1.807) is 0 Å². The second-order valence-corrected chi connectivity index (χ2v) is 8.62. The van der Waals surface area contributed by atoms with Gasteiger partial charge in [-0.3, -0.25) is 0 Å². The monoisotopic (exact) mass is 335 g/mol. The molecule has 0 bridgehead atoms. The maximum Gasteiger partial charge on any atom is 0.191 e. The molecule has 3 rings (SSSR count). The average molecular weight is 336 g/mol. The molecule has 5 heteroatoms. The van der Waals surface area contributed by atoms with Crippen molar-refractivity contribution in [2.45, 2.75) is 59.2 Å². The highest BCUT2D eigenvalue weighted by molar-refractivity contribution is 7.11. The summed E-state index contributed by atoms with van der Waals surface area (Å²) in [6.45, 7) is 11.4. The number of guanidine groups is 1. The van der Waals surface area contributed by atoms with E-state index in [0.717, 1.165) is 25.7 Å². The summed E-state index contributed by atoms with van der Waals surface area (Å²) in [4.78, 5) is 7.44. The summed E-state index contributed by atoms with van der Waals surface area (Å²) in [6.07, 6.45) is 2.84. The first-order valence-corrected chi connectivity index (χ1v) is 9.55. The number of thiophene rings is 1. The van der Waals surface area contributed by atoms with Crippen molar-refractivity contribution in [3.05, 3.63) is 21.9 Å². The molecule has 1 saturated carbocycles. The second kappa shape index (κ2) is 6.81. The van der Waals surface area contributed by atoms with Crippen molar-refractivity contribution in [2.24, 2.45) is 16.3 Å². The highest BCUT2D eigenvalue weighted by atomic mass is 32.1. The van der Waals surface area contributed by atoms with E-state index in [0.29, 0.717) is 18.1 Å². The van der Waals surface area contributed by atoms with Crippen LogP contribution in [0.1, 0.15) is 43.4 Å². The van der Waals surface area contributed by atoms with Crippen molar-refractivity contribution in [3.63, 3.8) is 0 Å². The number of aryl methyl sites for hydroxylation is 1. The Bertz CT molecular complexity index is 566. The molecule has 2 heterocycles. The Labute approximate surface area is 143 Å². The number of fused-ring (bicyclic) bond motifs is 1. The van der Waals surface area contributed by atoms with Crippen LogP contribution >= 0.6 is 11.3 Å². The number of rotatable bonds is 4. The average Bonchev–Trinajstić information content (AvgIpc) is 2.95. The van der Waals surface area contributed by atoms with E-state index in [9.17, 15) is 0 Å². The minimum Gasteiger partial charge on any atom is -0.377 e. The third-order valence-corrected chi connectivity index (χ3v) is 6.14. The Morgan fingerprint density at radius 2 is 2.26 bits per heavy atom. The zero-order chi connectivity index (χ0) is 16.4. The Morgan fingerprint density at radius 3 is 2.96 bits per heavy atom. The Kier molecular flexibility index (Phi) is 4.97. The summed E-state index contributed by atoms with van der Waals surface area (Å²) >= 11 is 1.82. The molecule has 3 atom stereocenters. The van der Waals surface area contributed by atoms with E-state index in [1.165, 1.54) is 22.6 Å². The molecule has 1 aliphatic heterocycles. The van der Waals surface area contributed by atoms with Crippen LogP contribution in [0.15, 0.2) is 17.1 Å². The molecule has 2 fully saturated rings. The van der Waals surface area contributed by atoms with Gasteiger partial charge in [0.1, 0.15) is 0 Å². The second-order valence-electron chi connectivity index (χ2n) is 7.25. The van der Waals surface area contributed by atoms with Crippen LogP contribution in [-0.2, 0) is 11.3 Å². The maximum atomic E-state index is 6.00. The standard InChI is InChI=1S/C18H29N3OS/c1-5-19-17(20-11-13-9-8-12(2)23-13)21-15-14-7-6-10-22-16(14)18(15,3)4/h8-9,14-16H,5-7,10-11H2,1-4H3,(H2,19,20,21). The minimum atomic E-state index is 0.167. The lowest BCUT2D eigenvalue weighted by Gasteiger charge is -2.60. The largest absolute Gasteiger partial charge is 0.377 e. The van der Waals surface area contributed by atoms with Gasteiger partial charge in [0.2, 0.25) is 0 Å². The van der Waals surface area contributed by atoms with Crippen LogP contribution in [0.3, 0.4) is 0 Å². The predicted octanol–water partition coefficient (Wildman–Crippen LogP) is 3.32. The van der Waals surface area contributed by atoms with E-state index >= 15 is 0 Å². The third-order valence-electron chi connectivity index (χ3n) is 5.16. The summed E-state index contributed by atoms with van der Waals surface area (Å²) in [5.41, 5.74) is 0.167. The Morgan fingerprint density at radius 1 is 1.43 bits per heavy atom. The molecule has 3 unspecified atom stereocenters. The molecule has 23 heavy (non-hydrogen) atoms. The molecular formula is C18H29N3OS. The lowest BCUT2D eigenvalue weighted by Crippen LogP contribution is -2.71. The Balaban J connectivity index is 1.66. The van der Waals surface area contributed by atoms with Gasteiger partial charge >= 0.3 is 0 Å². The van der Waals surface area contributed by atoms with Crippen molar-refractivity contribution in [1.29, 1.82) is 0 Å². The van der Waals surface area contributed by atoms with Crippen molar-refractivity contribution in [1.82, 2.24) is 10.6 Å². The summed E-state index contributed by atoms with van der Waals surface area (Å²) < 4.78 is 6.00. The van der Waals surface area contributed by atoms with E-state index < -0.39 is 0 Å². The number of hydrogen-bond acceptors (Lipinski definition) is 3. The highest BCUT2D eigenvalue weighted by Crippen LogP contribution is 2.51. The van der Waals surface area contributed by atoms with Gasteiger partial charge in [0.05, 0.1) is 12.6 Å². The molecule has 4 nitrogen and oxygen atoms in total. The summed E-state index contributed by atoms with van der Waals surface area (Å²) in [7, 11) is 0. The summed E-state index contributed by atoms with van der Waals surface area (Å²) in [5, 5.41) is 7.08. The molecule has 1 aliphatic carbocycles. The van der Waals surface area contributed by atoms with Gasteiger partial charge in [-0.1, -0.05) is 13.8 Å². The predicted molar refractivity (Wildman–Crippen MR) is 97.0 cm³/mol. The summed E-state index contributed by atoms with van der Waals surface area (Å²) in [6, 6.07) is 4.77. The van der Waals surface area contributed by atoms with Gasteiger partial charge in [0.15, 0.2) is 5.96 Å². The smallest absolute Gasteiger partial charge is 0.191 e. The quantitative estimate of drug-likeness (QED) is 0.655.